The van der Waals surface area contributed by atoms with Crippen molar-refractivity contribution in [3.05, 3.63) is 23.8 Å². The Balaban J connectivity index is 2.01. The second-order valence-corrected chi connectivity index (χ2v) is 8.89. The predicted octanol–water partition coefficient (Wildman–Crippen LogP) is 4.59. The van der Waals surface area contributed by atoms with E-state index >= 15 is 0 Å². The Morgan fingerprint density at radius 1 is 1.37 bits per heavy atom. The second-order valence-electron chi connectivity index (χ2n) is 8.89. The number of aliphatic hydroxyl groups is 1. The van der Waals surface area contributed by atoms with Crippen LogP contribution in [0.1, 0.15) is 88.0 Å². The summed E-state index contributed by atoms with van der Waals surface area (Å²) in [6.07, 6.45) is 0.587. The molecular weight excluding hydrogens is 380 g/mol. The van der Waals surface area contributed by atoms with Crippen LogP contribution in [0.25, 0.3) is 0 Å². The van der Waals surface area contributed by atoms with E-state index in [1.807, 2.05) is 32.1 Å². The first kappa shape index (κ1) is 12.4. The van der Waals surface area contributed by atoms with Crippen molar-refractivity contribution in [3.8, 4) is 0 Å². The zero-order valence-corrected chi connectivity index (χ0v) is 17.4. The normalized spacial score (nSPS) is 43.7. The number of cyclic esters (lactones) is 1. The van der Waals surface area contributed by atoms with Crippen LogP contribution in [-0.2, 0) is 19.1 Å². The van der Waals surface area contributed by atoms with Gasteiger partial charge >= 0.3 is 11.9 Å². The highest BCUT2D eigenvalue weighted by atomic mass is 16.6. The summed E-state index contributed by atoms with van der Waals surface area (Å²) >= 11 is 0. The third kappa shape index (κ3) is 5.16. The number of carbonyl (C=O) groups excluding carboxylic acids is 2. The summed E-state index contributed by atoms with van der Waals surface area (Å²) in [7, 11) is 0. The Labute approximate surface area is 196 Å². The first-order valence-electron chi connectivity index (χ1n) is 16.0. The zero-order chi connectivity index (χ0) is 31.3. The number of ether oxygens (including phenoxy) is 2. The van der Waals surface area contributed by atoms with Gasteiger partial charge in [-0.1, -0.05) is 38.9 Å². The standard InChI is InChI=1S/C25H38O5/c1-6-25(4,5)24(28)30-21-12-15(2)11-17-8-7-16(3)20(23(17)21)10-9-19-13-18(26)14-22(27)29-19/h7-8,11,15-16,18-21,23,26H,6,9-10,12-14H2,1-5H3/t15-,16-,18+,19?,20-,21-,23-/m0/s1/i1D3,4D3,5D3,6D2. The molecule has 3 aliphatic rings. The lowest BCUT2D eigenvalue weighted by Gasteiger charge is -2.44. The van der Waals surface area contributed by atoms with Gasteiger partial charge in [-0.15, -0.1) is 0 Å². The van der Waals surface area contributed by atoms with Crippen molar-refractivity contribution < 1.29 is 39.2 Å². The number of fused-ring (bicyclic) bond motifs is 1. The van der Waals surface area contributed by atoms with Gasteiger partial charge in [0.2, 0.25) is 0 Å². The van der Waals surface area contributed by atoms with Gasteiger partial charge in [0.05, 0.1) is 17.9 Å². The fourth-order valence-electron chi connectivity index (χ4n) is 4.91. The van der Waals surface area contributed by atoms with Gasteiger partial charge < -0.3 is 14.6 Å². The minimum Gasteiger partial charge on any atom is -0.462 e. The monoisotopic (exact) mass is 429 g/mol. The van der Waals surface area contributed by atoms with Gasteiger partial charge in [-0.2, -0.15) is 0 Å². The molecule has 1 saturated heterocycles. The summed E-state index contributed by atoms with van der Waals surface area (Å²) in [5.41, 5.74) is -3.22. The van der Waals surface area contributed by atoms with Gasteiger partial charge in [0.1, 0.15) is 12.2 Å². The molecule has 0 aromatic carbocycles. The van der Waals surface area contributed by atoms with Crippen molar-refractivity contribution >= 4 is 11.9 Å². The smallest absolute Gasteiger partial charge is 0.311 e. The average molecular weight is 430 g/mol. The van der Waals surface area contributed by atoms with Crippen molar-refractivity contribution in [1.82, 2.24) is 0 Å². The van der Waals surface area contributed by atoms with E-state index in [4.69, 9.17) is 24.6 Å². The van der Waals surface area contributed by atoms with Gasteiger partial charge in [0, 0.05) is 27.4 Å². The number of hydrogen-bond donors (Lipinski definition) is 1. The Bertz CT molecular complexity index is 1050. The molecule has 0 spiro atoms. The summed E-state index contributed by atoms with van der Waals surface area (Å²) in [5, 5.41) is 9.99. The lowest BCUT2D eigenvalue weighted by molar-refractivity contribution is -0.166. The van der Waals surface area contributed by atoms with Gasteiger partial charge in [-0.25, -0.2) is 0 Å². The van der Waals surface area contributed by atoms with Crippen molar-refractivity contribution in [2.24, 2.45) is 29.1 Å². The van der Waals surface area contributed by atoms with Crippen molar-refractivity contribution in [1.29, 1.82) is 0 Å². The van der Waals surface area contributed by atoms with Crippen LogP contribution in [-0.4, -0.2) is 35.4 Å². The van der Waals surface area contributed by atoms with Crippen molar-refractivity contribution in [3.63, 3.8) is 0 Å². The van der Waals surface area contributed by atoms with Gasteiger partial charge in [0.15, 0.2) is 0 Å². The molecule has 1 heterocycles. The molecule has 1 N–H and O–H groups in total. The van der Waals surface area contributed by atoms with Crippen molar-refractivity contribution in [2.45, 2.75) is 91.2 Å². The Morgan fingerprint density at radius 3 is 2.87 bits per heavy atom. The topological polar surface area (TPSA) is 72.8 Å². The minimum atomic E-state index is -4.00. The summed E-state index contributed by atoms with van der Waals surface area (Å²) in [6, 6.07) is 0. The van der Waals surface area contributed by atoms with E-state index in [9.17, 15) is 14.7 Å². The first-order valence-corrected chi connectivity index (χ1v) is 10.5. The SMILES string of the molecule is [2H]C([2H])([2H])C([2H])([2H])C(C(=O)O[C@H]1C[C@@H](C)C=C2C=C[C@H](C)[C@H](CCC3C[C@@H](O)CC(=O)O3)[C@H]21)(C([2H])([2H])[2H])C([2H])([2H])[2H]. The van der Waals surface area contributed by atoms with Crippen molar-refractivity contribution in [2.75, 3.05) is 0 Å². The maximum Gasteiger partial charge on any atom is 0.311 e. The molecule has 0 radical (unpaired) electrons. The quantitative estimate of drug-likeness (QED) is 0.625. The third-order valence-corrected chi connectivity index (χ3v) is 6.40. The lowest BCUT2D eigenvalue weighted by Crippen LogP contribution is -2.43. The molecule has 2 aliphatic carbocycles. The highest BCUT2D eigenvalue weighted by Gasteiger charge is 2.43. The van der Waals surface area contributed by atoms with Gasteiger partial charge in [0.25, 0.3) is 0 Å². The number of allylic oxidation sites excluding steroid dienone is 3. The van der Waals surface area contributed by atoms with Crippen LogP contribution in [0, 0.1) is 29.1 Å². The molecule has 3 rings (SSSR count). The zero-order valence-electron chi connectivity index (χ0n) is 28.4. The Hall–Kier alpha value is -1.62. The maximum absolute atomic E-state index is 13.8. The summed E-state index contributed by atoms with van der Waals surface area (Å²) in [6.45, 7) is -7.84. The third-order valence-electron chi connectivity index (χ3n) is 6.40. The molecule has 30 heavy (non-hydrogen) atoms. The van der Waals surface area contributed by atoms with E-state index in [-0.39, 0.29) is 37.0 Å². The molecule has 0 aromatic rings. The molecule has 5 heteroatoms. The maximum atomic E-state index is 13.8. The van der Waals surface area contributed by atoms with Crippen LogP contribution in [0.3, 0.4) is 0 Å². The highest BCUT2D eigenvalue weighted by molar-refractivity contribution is 5.76. The van der Waals surface area contributed by atoms with E-state index in [0.717, 1.165) is 5.57 Å². The molecule has 0 bridgehead atoms. The molecule has 168 valence electrons. The molecule has 0 aromatic heterocycles. The molecule has 5 nitrogen and oxygen atoms in total. The molecule has 1 unspecified atom stereocenters. The van der Waals surface area contributed by atoms with Crippen LogP contribution in [0.15, 0.2) is 23.8 Å². The van der Waals surface area contributed by atoms with E-state index < -0.39 is 68.5 Å². The molecule has 7 atom stereocenters. The van der Waals surface area contributed by atoms with Crippen LogP contribution >= 0.6 is 0 Å². The summed E-state index contributed by atoms with van der Waals surface area (Å²) in [4.78, 5) is 25.6. The Kier molecular flexibility index (Phi) is 3.83. The minimum absolute atomic E-state index is 0.0804. The predicted molar refractivity (Wildman–Crippen MR) is 115 cm³/mol. The number of aliphatic hydroxyl groups excluding tert-OH is 1. The lowest BCUT2D eigenvalue weighted by atomic mass is 9.65. The number of hydrogen-bond acceptors (Lipinski definition) is 5. The highest BCUT2D eigenvalue weighted by Crippen LogP contribution is 2.45. The average Bonchev–Trinajstić information content (AvgIpc) is 2.75. The van der Waals surface area contributed by atoms with E-state index in [0.29, 0.717) is 12.8 Å². The molecular formula is C25H38O5. The van der Waals surface area contributed by atoms with E-state index in [1.54, 1.807) is 0 Å². The molecule has 1 fully saturated rings. The van der Waals surface area contributed by atoms with E-state index in [2.05, 4.69) is 0 Å². The van der Waals surface area contributed by atoms with Gasteiger partial charge in [-0.05, 0) is 62.7 Å². The molecule has 0 saturated carbocycles. The molecule has 1 aliphatic heterocycles. The number of rotatable bonds is 6. The number of carbonyl (C=O) groups is 2. The fraction of sp³-hybridized carbons (Fsp3) is 0.760. The fourth-order valence-corrected chi connectivity index (χ4v) is 4.91. The number of esters is 2. The van der Waals surface area contributed by atoms with Gasteiger partial charge in [-0.3, -0.25) is 9.59 Å². The van der Waals surface area contributed by atoms with E-state index in [1.165, 1.54) is 0 Å². The van der Waals surface area contributed by atoms with Crippen LogP contribution in [0.2, 0.25) is 0 Å². The first-order chi connectivity index (χ1) is 18.5. The van der Waals surface area contributed by atoms with Crippen LogP contribution in [0.5, 0.6) is 0 Å². The molecule has 0 amide bonds. The summed E-state index contributed by atoms with van der Waals surface area (Å²) < 4.78 is 98.4. The van der Waals surface area contributed by atoms with Crippen LogP contribution in [0.4, 0.5) is 0 Å². The van der Waals surface area contributed by atoms with Crippen LogP contribution < -0.4 is 0 Å². The second kappa shape index (κ2) is 9.25. The largest absolute Gasteiger partial charge is 0.462 e. The summed E-state index contributed by atoms with van der Waals surface area (Å²) in [5.74, 6) is -3.48. The Morgan fingerprint density at radius 2 is 2.17 bits per heavy atom.